The van der Waals surface area contributed by atoms with E-state index in [1.54, 1.807) is 31.3 Å². The molecule has 0 bridgehead atoms. The van der Waals surface area contributed by atoms with E-state index in [9.17, 15) is 9.90 Å². The van der Waals surface area contributed by atoms with Gasteiger partial charge in [-0.25, -0.2) is 10.8 Å². The lowest BCUT2D eigenvalue weighted by Crippen LogP contribution is -2.46. The van der Waals surface area contributed by atoms with Gasteiger partial charge < -0.3 is 10.4 Å². The van der Waals surface area contributed by atoms with Crippen LogP contribution in [0.25, 0.3) is 0 Å². The van der Waals surface area contributed by atoms with Crippen molar-refractivity contribution in [1.29, 1.82) is 5.41 Å². The molecule has 0 saturated carbocycles. The van der Waals surface area contributed by atoms with Crippen molar-refractivity contribution in [2.75, 3.05) is 18.5 Å². The van der Waals surface area contributed by atoms with E-state index in [2.05, 4.69) is 34.0 Å². The van der Waals surface area contributed by atoms with Gasteiger partial charge in [-0.3, -0.25) is 25.1 Å². The molecule has 160 valence electrons. The third-order valence-electron chi connectivity index (χ3n) is 5.32. The molecule has 1 amide bonds. The first-order chi connectivity index (χ1) is 14.3. The van der Waals surface area contributed by atoms with Gasteiger partial charge in [0.2, 0.25) is 0 Å². The van der Waals surface area contributed by atoms with Crippen molar-refractivity contribution < 1.29 is 9.90 Å². The number of carbonyl (C=O) groups is 1. The fraction of sp³-hybridized carbons (Fsp3) is 0.429. The lowest BCUT2D eigenvalue weighted by Gasteiger charge is -2.31. The summed E-state index contributed by atoms with van der Waals surface area (Å²) >= 11 is 0. The predicted octanol–water partition coefficient (Wildman–Crippen LogP) is 1.38. The third-order valence-corrected chi connectivity index (χ3v) is 5.32. The fourth-order valence-corrected chi connectivity index (χ4v) is 3.28. The van der Waals surface area contributed by atoms with Crippen LogP contribution in [0.5, 0.6) is 0 Å². The number of amides is 1. The number of aliphatic hydroxyl groups is 1. The second-order valence-electron chi connectivity index (χ2n) is 7.80. The van der Waals surface area contributed by atoms with Crippen molar-refractivity contribution in [1.82, 2.24) is 19.9 Å². The Labute approximate surface area is 176 Å². The molecule has 0 saturated heterocycles. The van der Waals surface area contributed by atoms with E-state index < -0.39 is 6.04 Å². The number of fused-ring (bicyclic) bond motifs is 1. The van der Waals surface area contributed by atoms with Crippen LogP contribution in [0.3, 0.4) is 0 Å². The van der Waals surface area contributed by atoms with Crippen LogP contribution in [0.4, 0.5) is 5.82 Å². The number of rotatable bonds is 6. The molecule has 9 heteroatoms. The summed E-state index contributed by atoms with van der Waals surface area (Å²) in [5.41, 5.74) is 2.92. The molecule has 1 aliphatic rings. The normalized spacial score (nSPS) is 14.9. The molecule has 5 N–H and O–H groups in total. The number of anilines is 1. The van der Waals surface area contributed by atoms with E-state index in [0.29, 0.717) is 23.2 Å². The molecular formula is C21H29N7O2. The van der Waals surface area contributed by atoms with Crippen molar-refractivity contribution in [3.8, 4) is 0 Å². The van der Waals surface area contributed by atoms with Gasteiger partial charge in [0, 0.05) is 25.3 Å². The molecule has 0 fully saturated rings. The zero-order valence-corrected chi connectivity index (χ0v) is 17.6. The monoisotopic (exact) mass is 411 g/mol. The summed E-state index contributed by atoms with van der Waals surface area (Å²) < 4.78 is 0. The molecule has 30 heavy (non-hydrogen) atoms. The Morgan fingerprint density at radius 3 is 2.80 bits per heavy atom. The van der Waals surface area contributed by atoms with Crippen LogP contribution in [-0.4, -0.2) is 62.0 Å². The maximum Gasteiger partial charge on any atom is 0.275 e. The number of nitrogens with one attached hydrogen (secondary N) is 2. The molecule has 1 aliphatic heterocycles. The Bertz CT molecular complexity index is 931. The average molecular weight is 412 g/mol. The van der Waals surface area contributed by atoms with Gasteiger partial charge in [0.15, 0.2) is 5.84 Å². The Kier molecular flexibility index (Phi) is 6.76. The van der Waals surface area contributed by atoms with Crippen LogP contribution in [0.1, 0.15) is 48.1 Å². The number of pyridine rings is 2. The van der Waals surface area contributed by atoms with Crippen molar-refractivity contribution in [2.24, 2.45) is 5.84 Å². The second kappa shape index (κ2) is 9.29. The van der Waals surface area contributed by atoms with Crippen molar-refractivity contribution in [3.63, 3.8) is 0 Å². The Balaban J connectivity index is 1.74. The van der Waals surface area contributed by atoms with E-state index in [4.69, 9.17) is 11.3 Å². The van der Waals surface area contributed by atoms with E-state index in [1.807, 2.05) is 6.07 Å². The summed E-state index contributed by atoms with van der Waals surface area (Å²) in [5.74, 6) is 5.75. The highest BCUT2D eigenvalue weighted by Gasteiger charge is 2.21. The molecule has 9 nitrogen and oxygen atoms in total. The summed E-state index contributed by atoms with van der Waals surface area (Å²) in [6, 6.07) is 6.81. The molecule has 2 aromatic rings. The Hall–Kier alpha value is -2.88. The highest BCUT2D eigenvalue weighted by atomic mass is 16.3. The van der Waals surface area contributed by atoms with Crippen LogP contribution in [0.2, 0.25) is 0 Å². The van der Waals surface area contributed by atoms with E-state index in [-0.39, 0.29) is 18.3 Å². The molecule has 0 radical (unpaired) electrons. The number of aromatic nitrogens is 2. The van der Waals surface area contributed by atoms with Gasteiger partial charge in [-0.05, 0) is 56.5 Å². The zero-order valence-electron chi connectivity index (χ0n) is 17.6. The number of hydrogen-bond acceptors (Lipinski definition) is 7. The van der Waals surface area contributed by atoms with Crippen LogP contribution < -0.4 is 11.2 Å². The average Bonchev–Trinajstić information content (AvgIpc) is 2.76. The summed E-state index contributed by atoms with van der Waals surface area (Å²) in [5, 5.41) is 21.3. The van der Waals surface area contributed by atoms with Crippen molar-refractivity contribution >= 4 is 17.6 Å². The predicted molar refractivity (Wildman–Crippen MR) is 115 cm³/mol. The molecule has 0 spiro atoms. The van der Waals surface area contributed by atoms with E-state index in [0.717, 1.165) is 30.1 Å². The molecule has 1 unspecified atom stereocenters. The number of hydrogen-bond donors (Lipinski definition) is 4. The summed E-state index contributed by atoms with van der Waals surface area (Å²) in [4.78, 5) is 23.7. The number of amidine groups is 1. The minimum absolute atomic E-state index is 0.0478. The van der Waals surface area contributed by atoms with Crippen LogP contribution in [0.15, 0.2) is 30.5 Å². The lowest BCUT2D eigenvalue weighted by atomic mass is 10.00. The highest BCUT2D eigenvalue weighted by Crippen LogP contribution is 2.21. The SMILES string of the molecule is CC(C)N1CCc2cnc(C(=O)Nc3cccc(C(=N)N(N)C(C)CO)n3)cc2C1. The van der Waals surface area contributed by atoms with Crippen LogP contribution in [-0.2, 0) is 13.0 Å². The number of nitrogens with zero attached hydrogens (tertiary/aromatic N) is 4. The second-order valence-corrected chi connectivity index (χ2v) is 7.80. The lowest BCUT2D eigenvalue weighted by molar-refractivity contribution is 0.102. The maximum atomic E-state index is 12.7. The molecule has 0 aliphatic carbocycles. The van der Waals surface area contributed by atoms with Gasteiger partial charge in [-0.15, -0.1) is 0 Å². The number of aliphatic hydroxyl groups excluding tert-OH is 1. The first-order valence-electron chi connectivity index (χ1n) is 10.0. The molecule has 1 atom stereocenters. The minimum atomic E-state index is -0.428. The van der Waals surface area contributed by atoms with Crippen molar-refractivity contribution in [3.05, 3.63) is 53.0 Å². The topological polar surface area (TPSA) is 131 Å². The van der Waals surface area contributed by atoms with Gasteiger partial charge in [-0.1, -0.05) is 6.07 Å². The van der Waals surface area contributed by atoms with Crippen LogP contribution >= 0.6 is 0 Å². The highest BCUT2D eigenvalue weighted by molar-refractivity contribution is 6.03. The standard InChI is InChI=1S/C21H29N7O2/c1-13(2)27-8-7-15-10-24-18(9-16(15)11-27)21(30)26-19-6-4-5-17(25-19)20(22)28(23)14(3)12-29/h4-6,9-10,13-14,22,29H,7-8,11-12,23H2,1-3H3,(H,25,26,30). The molecule has 3 heterocycles. The van der Waals surface area contributed by atoms with Crippen molar-refractivity contribution in [2.45, 2.75) is 45.8 Å². The maximum absolute atomic E-state index is 12.7. The van der Waals surface area contributed by atoms with Gasteiger partial charge in [0.05, 0.1) is 12.6 Å². The summed E-state index contributed by atoms with van der Waals surface area (Å²) in [7, 11) is 0. The third kappa shape index (κ3) is 4.81. The van der Waals surface area contributed by atoms with Gasteiger partial charge in [-0.2, -0.15) is 0 Å². The van der Waals surface area contributed by atoms with Gasteiger partial charge in [0.25, 0.3) is 5.91 Å². The summed E-state index contributed by atoms with van der Waals surface area (Å²) in [6.07, 6.45) is 2.71. The quantitative estimate of drug-likeness (QED) is 0.244. The number of hydrazine groups is 1. The fourth-order valence-electron chi connectivity index (χ4n) is 3.28. The largest absolute Gasteiger partial charge is 0.394 e. The zero-order chi connectivity index (χ0) is 21.8. The molecule has 0 aromatic carbocycles. The molecule has 3 rings (SSSR count). The molecular weight excluding hydrogens is 382 g/mol. The van der Waals surface area contributed by atoms with Gasteiger partial charge in [0.1, 0.15) is 17.2 Å². The first-order valence-corrected chi connectivity index (χ1v) is 10.0. The summed E-state index contributed by atoms with van der Waals surface area (Å²) in [6.45, 7) is 7.64. The molecule has 2 aromatic heterocycles. The van der Waals surface area contributed by atoms with E-state index >= 15 is 0 Å². The first kappa shape index (κ1) is 21.8. The Morgan fingerprint density at radius 2 is 2.10 bits per heavy atom. The number of nitrogens with two attached hydrogens (primary N) is 1. The minimum Gasteiger partial charge on any atom is -0.394 e. The number of carbonyl (C=O) groups excluding carboxylic acids is 1. The smallest absolute Gasteiger partial charge is 0.275 e. The van der Waals surface area contributed by atoms with Gasteiger partial charge >= 0.3 is 0 Å². The Morgan fingerprint density at radius 1 is 1.33 bits per heavy atom. The van der Waals surface area contributed by atoms with Crippen LogP contribution in [0, 0.1) is 5.41 Å². The van der Waals surface area contributed by atoms with E-state index in [1.165, 1.54) is 5.56 Å².